The van der Waals surface area contributed by atoms with Crippen molar-refractivity contribution >= 4 is 27.5 Å². The zero-order chi connectivity index (χ0) is 22.9. The summed E-state index contributed by atoms with van der Waals surface area (Å²) in [5.74, 6) is 1.52. The van der Waals surface area contributed by atoms with E-state index in [0.29, 0.717) is 31.1 Å². The van der Waals surface area contributed by atoms with E-state index < -0.39 is 4.92 Å². The molecule has 1 N–H and O–H groups in total. The monoisotopic (exact) mass is 505 g/mol. The van der Waals surface area contributed by atoms with Gasteiger partial charge in [-0.2, -0.15) is 0 Å². The Balaban J connectivity index is 1.54. The van der Waals surface area contributed by atoms with Gasteiger partial charge in [-0.3, -0.25) is 14.9 Å². The molecule has 0 aliphatic carbocycles. The highest BCUT2D eigenvalue weighted by molar-refractivity contribution is 9.10. The molecule has 1 heterocycles. The zero-order valence-corrected chi connectivity index (χ0v) is 19.7. The Bertz CT molecular complexity index is 936. The van der Waals surface area contributed by atoms with Crippen LogP contribution in [0.5, 0.6) is 11.5 Å². The van der Waals surface area contributed by atoms with Crippen molar-refractivity contribution in [3.8, 4) is 11.5 Å². The van der Waals surface area contributed by atoms with Gasteiger partial charge < -0.3 is 19.7 Å². The summed E-state index contributed by atoms with van der Waals surface area (Å²) in [5.41, 5.74) is 1.93. The van der Waals surface area contributed by atoms with Gasteiger partial charge in [-0.25, -0.2) is 0 Å². The molecular formula is C23H28BrN3O5. The number of ether oxygens (including phenoxy) is 2. The average molecular weight is 506 g/mol. The van der Waals surface area contributed by atoms with Crippen molar-refractivity contribution in [1.29, 1.82) is 0 Å². The van der Waals surface area contributed by atoms with Crippen LogP contribution in [0.25, 0.3) is 0 Å². The number of hydrogen-bond donors (Lipinski definition) is 1. The van der Waals surface area contributed by atoms with E-state index in [1.165, 1.54) is 12.1 Å². The van der Waals surface area contributed by atoms with Gasteiger partial charge in [0.25, 0.3) is 5.69 Å². The molecule has 172 valence electrons. The van der Waals surface area contributed by atoms with Gasteiger partial charge in [0.15, 0.2) is 11.5 Å². The third-order valence-electron chi connectivity index (χ3n) is 5.22. The fraction of sp³-hybridized carbons (Fsp3) is 0.435. The quantitative estimate of drug-likeness (QED) is 0.260. The standard InChI is InChI=1S/C23H28BrN3O5/c1-2-31-21-13-18(15-25-10-4-12-26-11-3-5-23(26)28)20(24)14-22(21)32-16-17-6-8-19(9-7-17)27(29)30/h6-9,13-14,25H,2-5,10-12,15-16H2,1H3. The lowest BCUT2D eigenvalue weighted by molar-refractivity contribution is -0.384. The average Bonchev–Trinajstić information content (AvgIpc) is 3.19. The van der Waals surface area contributed by atoms with E-state index in [2.05, 4.69) is 21.2 Å². The summed E-state index contributed by atoms with van der Waals surface area (Å²) in [6.07, 6.45) is 2.56. The topological polar surface area (TPSA) is 93.9 Å². The smallest absolute Gasteiger partial charge is 0.269 e. The minimum atomic E-state index is -0.423. The van der Waals surface area contributed by atoms with Gasteiger partial charge in [0.2, 0.25) is 5.91 Å². The second-order valence-electron chi connectivity index (χ2n) is 7.55. The van der Waals surface area contributed by atoms with Crippen molar-refractivity contribution in [3.63, 3.8) is 0 Å². The van der Waals surface area contributed by atoms with E-state index in [-0.39, 0.29) is 18.2 Å². The van der Waals surface area contributed by atoms with Crippen LogP contribution >= 0.6 is 15.9 Å². The first-order valence-electron chi connectivity index (χ1n) is 10.8. The van der Waals surface area contributed by atoms with Crippen LogP contribution in [-0.4, -0.2) is 42.0 Å². The van der Waals surface area contributed by atoms with Crippen molar-refractivity contribution in [2.24, 2.45) is 0 Å². The number of halogens is 1. The van der Waals surface area contributed by atoms with E-state index >= 15 is 0 Å². The van der Waals surface area contributed by atoms with Crippen LogP contribution in [0.1, 0.15) is 37.3 Å². The molecule has 0 bridgehead atoms. The first kappa shape index (κ1) is 24.0. The molecule has 0 spiro atoms. The van der Waals surface area contributed by atoms with Crippen LogP contribution in [0.15, 0.2) is 40.9 Å². The number of nitrogens with one attached hydrogen (secondary N) is 1. The normalized spacial score (nSPS) is 13.4. The van der Waals surface area contributed by atoms with Gasteiger partial charge in [-0.05, 0) is 61.7 Å². The van der Waals surface area contributed by atoms with Crippen LogP contribution in [0.4, 0.5) is 5.69 Å². The van der Waals surface area contributed by atoms with Gasteiger partial charge in [-0.1, -0.05) is 15.9 Å². The van der Waals surface area contributed by atoms with Gasteiger partial charge in [0.05, 0.1) is 11.5 Å². The number of rotatable bonds is 12. The van der Waals surface area contributed by atoms with Crippen molar-refractivity contribution in [3.05, 3.63) is 62.1 Å². The Hall–Kier alpha value is -2.65. The number of carbonyl (C=O) groups excluding carboxylic acids is 1. The minimum Gasteiger partial charge on any atom is -0.490 e. The number of amides is 1. The Labute approximate surface area is 196 Å². The molecule has 1 saturated heterocycles. The lowest BCUT2D eigenvalue weighted by Crippen LogP contribution is -2.28. The molecule has 32 heavy (non-hydrogen) atoms. The Morgan fingerprint density at radius 3 is 2.59 bits per heavy atom. The van der Waals surface area contributed by atoms with Gasteiger partial charge in [0.1, 0.15) is 6.61 Å². The van der Waals surface area contributed by atoms with E-state index in [1.807, 2.05) is 24.0 Å². The number of carbonyl (C=O) groups is 1. The molecule has 0 atom stereocenters. The fourth-order valence-electron chi connectivity index (χ4n) is 3.53. The van der Waals surface area contributed by atoms with Crippen molar-refractivity contribution in [1.82, 2.24) is 10.2 Å². The number of nitrogens with zero attached hydrogens (tertiary/aromatic N) is 2. The maximum Gasteiger partial charge on any atom is 0.269 e. The molecule has 9 heteroatoms. The number of hydrogen-bond acceptors (Lipinski definition) is 6. The maximum atomic E-state index is 11.7. The molecule has 1 fully saturated rings. The largest absolute Gasteiger partial charge is 0.490 e. The van der Waals surface area contributed by atoms with E-state index in [0.717, 1.165) is 48.1 Å². The second kappa shape index (κ2) is 11.8. The molecule has 2 aromatic rings. The van der Waals surface area contributed by atoms with Crippen molar-refractivity contribution in [2.75, 3.05) is 26.2 Å². The van der Waals surface area contributed by atoms with Gasteiger partial charge in [0, 0.05) is 42.7 Å². The Kier molecular flexibility index (Phi) is 8.87. The summed E-state index contributed by atoms with van der Waals surface area (Å²) in [6, 6.07) is 10.1. The first-order chi connectivity index (χ1) is 15.5. The van der Waals surface area contributed by atoms with E-state index in [1.54, 1.807) is 12.1 Å². The molecule has 8 nitrogen and oxygen atoms in total. The summed E-state index contributed by atoms with van der Waals surface area (Å²) < 4.78 is 12.6. The molecule has 0 saturated carbocycles. The molecule has 0 unspecified atom stereocenters. The summed E-state index contributed by atoms with van der Waals surface area (Å²) in [7, 11) is 0. The number of likely N-dealkylation sites (tertiary alicyclic amines) is 1. The zero-order valence-electron chi connectivity index (χ0n) is 18.1. The summed E-state index contributed by atoms with van der Waals surface area (Å²) in [5, 5.41) is 14.2. The van der Waals surface area contributed by atoms with Crippen LogP contribution < -0.4 is 14.8 Å². The SMILES string of the molecule is CCOc1cc(CNCCCN2CCCC2=O)c(Br)cc1OCc1ccc([N+](=O)[O-])cc1. The number of non-ortho nitro benzene ring substituents is 1. The molecule has 0 aromatic heterocycles. The first-order valence-corrected chi connectivity index (χ1v) is 11.6. The second-order valence-corrected chi connectivity index (χ2v) is 8.40. The molecule has 1 amide bonds. The van der Waals surface area contributed by atoms with E-state index in [4.69, 9.17) is 9.47 Å². The van der Waals surface area contributed by atoms with Crippen LogP contribution in [0.2, 0.25) is 0 Å². The highest BCUT2D eigenvalue weighted by atomic mass is 79.9. The summed E-state index contributed by atoms with van der Waals surface area (Å²) in [4.78, 5) is 24.0. The summed E-state index contributed by atoms with van der Waals surface area (Å²) >= 11 is 3.61. The molecule has 1 aliphatic heterocycles. The van der Waals surface area contributed by atoms with Crippen LogP contribution in [-0.2, 0) is 17.9 Å². The number of benzene rings is 2. The Morgan fingerprint density at radius 2 is 1.94 bits per heavy atom. The fourth-order valence-corrected chi connectivity index (χ4v) is 3.99. The summed E-state index contributed by atoms with van der Waals surface area (Å²) in [6.45, 7) is 5.86. The van der Waals surface area contributed by atoms with Crippen LogP contribution in [0, 0.1) is 10.1 Å². The van der Waals surface area contributed by atoms with Gasteiger partial charge in [-0.15, -0.1) is 0 Å². The lowest BCUT2D eigenvalue weighted by atomic mass is 10.2. The number of nitro groups is 1. The minimum absolute atomic E-state index is 0.0513. The maximum absolute atomic E-state index is 11.7. The van der Waals surface area contributed by atoms with E-state index in [9.17, 15) is 14.9 Å². The van der Waals surface area contributed by atoms with Crippen LogP contribution in [0.3, 0.4) is 0 Å². The number of nitro benzene ring substituents is 1. The third kappa shape index (κ3) is 6.67. The molecular weight excluding hydrogens is 478 g/mol. The van der Waals surface area contributed by atoms with Gasteiger partial charge >= 0.3 is 0 Å². The third-order valence-corrected chi connectivity index (χ3v) is 5.96. The predicted molar refractivity (Wildman–Crippen MR) is 125 cm³/mol. The highest BCUT2D eigenvalue weighted by Crippen LogP contribution is 2.34. The molecule has 1 aliphatic rings. The molecule has 0 radical (unpaired) electrons. The lowest BCUT2D eigenvalue weighted by Gasteiger charge is -2.17. The molecule has 3 rings (SSSR count). The predicted octanol–water partition coefficient (Wildman–Crippen LogP) is 4.44. The van der Waals surface area contributed by atoms with Crippen molar-refractivity contribution in [2.45, 2.75) is 39.3 Å². The Morgan fingerprint density at radius 1 is 1.19 bits per heavy atom. The molecule has 2 aromatic carbocycles. The highest BCUT2D eigenvalue weighted by Gasteiger charge is 2.19. The van der Waals surface area contributed by atoms with Crippen molar-refractivity contribution < 1.29 is 19.2 Å².